The summed E-state index contributed by atoms with van der Waals surface area (Å²) in [6, 6.07) is 11.9. The van der Waals surface area contributed by atoms with Gasteiger partial charge in [0.15, 0.2) is 11.6 Å². The number of hydrogen-bond donors (Lipinski definition) is 1. The number of benzene rings is 2. The Morgan fingerprint density at radius 2 is 1.77 bits per heavy atom. The van der Waals surface area contributed by atoms with Crippen molar-refractivity contribution in [3.8, 4) is 5.69 Å². The second-order valence-electron chi connectivity index (χ2n) is 6.17. The minimum Gasteiger partial charge on any atom is -0.246 e. The topological polar surface area (TPSA) is 59.8 Å². The summed E-state index contributed by atoms with van der Waals surface area (Å²) in [6.07, 6.45) is 4.20. The molecule has 1 aliphatic carbocycles. The minimum absolute atomic E-state index is 0.343. The van der Waals surface area contributed by atoms with Crippen molar-refractivity contribution in [2.75, 3.05) is 0 Å². The Morgan fingerprint density at radius 3 is 2.50 bits per heavy atom. The number of halogens is 2. The van der Waals surface area contributed by atoms with Crippen molar-refractivity contribution in [1.82, 2.24) is 14.3 Å². The van der Waals surface area contributed by atoms with E-state index >= 15 is 0 Å². The van der Waals surface area contributed by atoms with E-state index < -0.39 is 29.1 Å². The van der Waals surface area contributed by atoms with Gasteiger partial charge < -0.3 is 0 Å². The second kappa shape index (κ2) is 6.25. The van der Waals surface area contributed by atoms with Crippen molar-refractivity contribution < 1.29 is 8.78 Å². The number of para-hydroxylation sites is 1. The number of rotatable bonds is 3. The van der Waals surface area contributed by atoms with Crippen LogP contribution in [0.4, 0.5) is 8.78 Å². The molecule has 0 amide bonds. The van der Waals surface area contributed by atoms with E-state index in [1.165, 1.54) is 10.7 Å². The first-order valence-electron chi connectivity index (χ1n) is 8.17. The molecule has 0 aliphatic heterocycles. The van der Waals surface area contributed by atoms with E-state index in [0.717, 1.165) is 16.7 Å². The van der Waals surface area contributed by atoms with Crippen molar-refractivity contribution in [2.45, 2.75) is 18.4 Å². The lowest BCUT2D eigenvalue weighted by molar-refractivity contribution is 0.422. The van der Waals surface area contributed by atoms with E-state index in [9.17, 15) is 18.4 Å². The van der Waals surface area contributed by atoms with Crippen molar-refractivity contribution >= 4 is 0 Å². The summed E-state index contributed by atoms with van der Waals surface area (Å²) in [5.41, 5.74) is -0.0321. The molecule has 1 aromatic heterocycles. The fourth-order valence-corrected chi connectivity index (χ4v) is 3.38. The molecule has 26 heavy (non-hydrogen) atoms. The molecule has 4 rings (SSSR count). The highest BCUT2D eigenvalue weighted by molar-refractivity contribution is 5.32. The van der Waals surface area contributed by atoms with Gasteiger partial charge in [-0.25, -0.2) is 32.7 Å². The van der Waals surface area contributed by atoms with Gasteiger partial charge in [0.25, 0.3) is 0 Å². The molecule has 2 atom stereocenters. The van der Waals surface area contributed by atoms with E-state index in [4.69, 9.17) is 0 Å². The fourth-order valence-electron chi connectivity index (χ4n) is 3.38. The number of nitrogens with one attached hydrogen (secondary N) is 1. The highest BCUT2D eigenvalue weighted by Gasteiger charge is 2.29. The van der Waals surface area contributed by atoms with Crippen molar-refractivity contribution in [3.63, 3.8) is 0 Å². The van der Waals surface area contributed by atoms with Crippen LogP contribution < -0.4 is 11.4 Å². The van der Waals surface area contributed by atoms with Gasteiger partial charge in [0.1, 0.15) is 0 Å². The van der Waals surface area contributed by atoms with Gasteiger partial charge in [-0.1, -0.05) is 36.4 Å². The lowest BCUT2D eigenvalue weighted by Gasteiger charge is -2.20. The average molecular weight is 355 g/mol. The van der Waals surface area contributed by atoms with E-state index in [1.807, 2.05) is 12.2 Å². The molecule has 132 valence electrons. The summed E-state index contributed by atoms with van der Waals surface area (Å²) >= 11 is 0. The van der Waals surface area contributed by atoms with E-state index in [-0.39, 0.29) is 5.92 Å². The zero-order valence-electron chi connectivity index (χ0n) is 13.6. The van der Waals surface area contributed by atoms with E-state index in [0.29, 0.717) is 17.7 Å². The molecule has 0 saturated carbocycles. The maximum absolute atomic E-state index is 13.6. The summed E-state index contributed by atoms with van der Waals surface area (Å²) in [7, 11) is 0. The Bertz CT molecular complexity index is 1100. The molecule has 1 heterocycles. The zero-order chi connectivity index (χ0) is 18.3. The Kier molecular flexibility index (Phi) is 3.91. The molecule has 7 heteroatoms. The number of nitrogens with zero attached hydrogens (tertiary/aromatic N) is 2. The van der Waals surface area contributed by atoms with Crippen molar-refractivity contribution in [2.24, 2.45) is 0 Å². The molecular weight excluding hydrogens is 340 g/mol. The second-order valence-corrected chi connectivity index (χ2v) is 6.17. The number of allylic oxidation sites excluding steroid dienone is 2. The molecule has 0 saturated heterocycles. The van der Waals surface area contributed by atoms with Gasteiger partial charge in [-0.15, -0.1) is 0 Å². The molecule has 0 spiro atoms. The van der Waals surface area contributed by atoms with Crippen LogP contribution in [0, 0.1) is 11.6 Å². The first-order chi connectivity index (χ1) is 12.6. The van der Waals surface area contributed by atoms with E-state index in [1.54, 1.807) is 30.3 Å². The largest absolute Gasteiger partial charge is 0.351 e. The van der Waals surface area contributed by atoms with Gasteiger partial charge in [0.05, 0.1) is 11.7 Å². The number of aromatic nitrogens is 3. The van der Waals surface area contributed by atoms with Crippen LogP contribution in [-0.4, -0.2) is 14.3 Å². The van der Waals surface area contributed by atoms with Crippen molar-refractivity contribution in [3.05, 3.63) is 98.8 Å². The summed E-state index contributed by atoms with van der Waals surface area (Å²) < 4.78 is 29.1. The highest BCUT2D eigenvalue weighted by Crippen LogP contribution is 2.37. The predicted molar refractivity (Wildman–Crippen MR) is 92.5 cm³/mol. The smallest absolute Gasteiger partial charge is 0.246 e. The molecule has 2 aromatic carbocycles. The van der Waals surface area contributed by atoms with Crippen LogP contribution >= 0.6 is 0 Å². The third kappa shape index (κ3) is 2.61. The normalized spacial score (nSPS) is 19.2. The number of H-pyrrole nitrogens is 1. The summed E-state index contributed by atoms with van der Waals surface area (Å²) in [5.74, 6) is -2.21. The van der Waals surface area contributed by atoms with Crippen LogP contribution in [0.2, 0.25) is 0 Å². The molecule has 0 bridgehead atoms. The Balaban J connectivity index is 1.77. The first kappa shape index (κ1) is 16.3. The SMILES string of the molecule is O=c1[nH]n([C@H]2CC=C[C@@H]2c2ccc(F)c(F)c2)c(=O)n1-c1ccccc1. The molecule has 0 radical (unpaired) electrons. The van der Waals surface area contributed by atoms with E-state index in [2.05, 4.69) is 5.10 Å². The lowest BCUT2D eigenvalue weighted by Crippen LogP contribution is -2.30. The number of aromatic amines is 1. The maximum Gasteiger partial charge on any atom is 0.351 e. The fraction of sp³-hybridized carbons (Fsp3) is 0.158. The Hall–Kier alpha value is -3.22. The molecule has 0 fully saturated rings. The third-order valence-corrected chi connectivity index (χ3v) is 4.63. The van der Waals surface area contributed by atoms with Crippen LogP contribution in [0.15, 0.2) is 70.3 Å². The van der Waals surface area contributed by atoms with Gasteiger partial charge in [-0.05, 0) is 36.2 Å². The quantitative estimate of drug-likeness (QED) is 0.735. The van der Waals surface area contributed by atoms with Gasteiger partial charge in [0, 0.05) is 5.92 Å². The molecule has 1 aliphatic rings. The van der Waals surface area contributed by atoms with Crippen LogP contribution in [0.25, 0.3) is 5.69 Å². The molecule has 1 N–H and O–H groups in total. The predicted octanol–water partition coefficient (Wildman–Crippen LogP) is 2.89. The Morgan fingerprint density at radius 1 is 1.00 bits per heavy atom. The molecule has 3 aromatic rings. The standard InChI is InChI=1S/C19H15F2N3O2/c20-15-10-9-12(11-16(15)21)14-7-4-8-17(14)24-19(26)23(18(25)22-24)13-5-2-1-3-6-13/h1-7,9-11,14,17H,8H2,(H,22,25)/t14-,17+/m1/s1. The van der Waals surface area contributed by atoms with Gasteiger partial charge in [-0.3, -0.25) is 0 Å². The molecule has 5 nitrogen and oxygen atoms in total. The van der Waals surface area contributed by atoms with Gasteiger partial charge in [0.2, 0.25) is 0 Å². The third-order valence-electron chi connectivity index (χ3n) is 4.63. The Labute approximate surface area is 146 Å². The summed E-state index contributed by atoms with van der Waals surface area (Å²) in [4.78, 5) is 25.1. The first-order valence-corrected chi connectivity index (χ1v) is 8.17. The van der Waals surface area contributed by atoms with Crippen LogP contribution in [-0.2, 0) is 0 Å². The minimum atomic E-state index is -0.941. The van der Waals surface area contributed by atoms with Crippen LogP contribution in [0.5, 0.6) is 0 Å². The van der Waals surface area contributed by atoms with Crippen molar-refractivity contribution in [1.29, 1.82) is 0 Å². The number of hydrogen-bond acceptors (Lipinski definition) is 2. The zero-order valence-corrected chi connectivity index (χ0v) is 13.6. The van der Waals surface area contributed by atoms with Gasteiger partial charge >= 0.3 is 11.4 Å². The molecule has 0 unspecified atom stereocenters. The van der Waals surface area contributed by atoms with Gasteiger partial charge in [-0.2, -0.15) is 0 Å². The lowest BCUT2D eigenvalue weighted by atomic mass is 9.94. The molecular formula is C19H15F2N3O2. The maximum atomic E-state index is 13.6. The van der Waals surface area contributed by atoms with Crippen LogP contribution in [0.3, 0.4) is 0 Å². The monoisotopic (exact) mass is 355 g/mol. The highest BCUT2D eigenvalue weighted by atomic mass is 19.2. The summed E-state index contributed by atoms with van der Waals surface area (Å²) in [5, 5.41) is 2.58. The average Bonchev–Trinajstić information content (AvgIpc) is 3.22. The van der Waals surface area contributed by atoms with Crippen LogP contribution in [0.1, 0.15) is 23.9 Å². The summed E-state index contributed by atoms with van der Waals surface area (Å²) in [6.45, 7) is 0.